The Hall–Kier alpha value is -2.08. The van der Waals surface area contributed by atoms with Crippen LogP contribution in [-0.4, -0.2) is 31.2 Å². The highest BCUT2D eigenvalue weighted by atomic mass is 16.5. The second-order valence-electron chi connectivity index (χ2n) is 3.48. The molecule has 1 heterocycles. The van der Waals surface area contributed by atoms with Crippen molar-refractivity contribution in [1.29, 1.82) is 0 Å². The zero-order valence-corrected chi connectivity index (χ0v) is 9.40. The minimum Gasteiger partial charge on any atom is -0.424 e. The first-order valence-electron chi connectivity index (χ1n) is 5.14. The third-order valence-electron chi connectivity index (χ3n) is 2.26. The molecule has 0 fully saturated rings. The quantitative estimate of drug-likeness (QED) is 0.764. The Morgan fingerprint density at radius 2 is 2.41 bits per heavy atom. The van der Waals surface area contributed by atoms with Gasteiger partial charge in [-0.1, -0.05) is 0 Å². The summed E-state index contributed by atoms with van der Waals surface area (Å²) in [6.07, 6.45) is 0. The van der Waals surface area contributed by atoms with Gasteiger partial charge < -0.3 is 20.2 Å². The predicted octanol–water partition coefficient (Wildman–Crippen LogP) is 0.786. The number of ether oxygens (including phenoxy) is 1. The van der Waals surface area contributed by atoms with Crippen molar-refractivity contribution in [3.8, 4) is 0 Å². The third-order valence-corrected chi connectivity index (χ3v) is 2.26. The molecule has 0 radical (unpaired) electrons. The smallest absolute Gasteiger partial charge is 0.292 e. The van der Waals surface area contributed by atoms with Gasteiger partial charge in [0.1, 0.15) is 5.52 Å². The molecule has 0 saturated heterocycles. The molecule has 2 rings (SSSR count). The molecular weight excluding hydrogens is 222 g/mol. The molecule has 6 nitrogen and oxygen atoms in total. The summed E-state index contributed by atoms with van der Waals surface area (Å²) in [5.41, 5.74) is 7.07. The molecular formula is C11H13N3O3. The van der Waals surface area contributed by atoms with E-state index in [0.717, 1.165) is 0 Å². The van der Waals surface area contributed by atoms with Crippen molar-refractivity contribution in [3.63, 3.8) is 0 Å². The summed E-state index contributed by atoms with van der Waals surface area (Å²) in [5, 5.41) is 2.72. The lowest BCUT2D eigenvalue weighted by Gasteiger charge is -2.03. The van der Waals surface area contributed by atoms with E-state index < -0.39 is 0 Å². The van der Waals surface area contributed by atoms with Crippen LogP contribution in [0.2, 0.25) is 0 Å². The molecule has 1 aromatic heterocycles. The number of benzene rings is 1. The number of fused-ring (bicyclic) bond motifs is 1. The largest absolute Gasteiger partial charge is 0.424 e. The zero-order valence-electron chi connectivity index (χ0n) is 9.40. The van der Waals surface area contributed by atoms with E-state index in [4.69, 9.17) is 14.9 Å². The number of nitrogens with zero attached hydrogens (tertiary/aromatic N) is 1. The van der Waals surface area contributed by atoms with Gasteiger partial charge in [-0.2, -0.15) is 4.98 Å². The Balaban J connectivity index is 2.15. The second-order valence-corrected chi connectivity index (χ2v) is 3.48. The summed E-state index contributed by atoms with van der Waals surface area (Å²) in [4.78, 5) is 15.7. The topological polar surface area (TPSA) is 90.4 Å². The van der Waals surface area contributed by atoms with E-state index in [1.165, 1.54) is 0 Å². The van der Waals surface area contributed by atoms with Gasteiger partial charge >= 0.3 is 0 Å². The van der Waals surface area contributed by atoms with Crippen LogP contribution in [0.3, 0.4) is 0 Å². The molecule has 0 aliphatic carbocycles. The van der Waals surface area contributed by atoms with Gasteiger partial charge in [0.2, 0.25) is 0 Å². The van der Waals surface area contributed by atoms with Crippen LogP contribution in [0.15, 0.2) is 22.6 Å². The normalized spacial score (nSPS) is 10.6. The molecule has 2 aromatic rings. The minimum atomic E-state index is -0.175. The van der Waals surface area contributed by atoms with Gasteiger partial charge in [-0.15, -0.1) is 0 Å². The van der Waals surface area contributed by atoms with Crippen molar-refractivity contribution < 1.29 is 13.9 Å². The van der Waals surface area contributed by atoms with Crippen molar-refractivity contribution in [2.24, 2.45) is 0 Å². The molecule has 0 atom stereocenters. The first kappa shape index (κ1) is 11.4. The van der Waals surface area contributed by atoms with Crippen LogP contribution in [0.1, 0.15) is 10.4 Å². The number of nitrogens with one attached hydrogen (secondary N) is 1. The molecule has 0 spiro atoms. The predicted molar refractivity (Wildman–Crippen MR) is 62.6 cm³/mol. The molecule has 17 heavy (non-hydrogen) atoms. The molecule has 0 bridgehead atoms. The number of carbonyl (C=O) groups is 1. The molecule has 0 unspecified atom stereocenters. The second kappa shape index (κ2) is 4.84. The number of hydrogen-bond acceptors (Lipinski definition) is 5. The van der Waals surface area contributed by atoms with Gasteiger partial charge in [0.25, 0.3) is 11.9 Å². The highest BCUT2D eigenvalue weighted by Gasteiger charge is 2.08. The Morgan fingerprint density at radius 3 is 3.18 bits per heavy atom. The number of carbonyl (C=O) groups excluding carboxylic acids is 1. The number of aromatic nitrogens is 1. The van der Waals surface area contributed by atoms with Gasteiger partial charge in [0, 0.05) is 19.2 Å². The molecule has 3 N–H and O–H groups in total. The van der Waals surface area contributed by atoms with E-state index in [0.29, 0.717) is 29.8 Å². The van der Waals surface area contributed by atoms with Gasteiger partial charge in [0.05, 0.1) is 6.61 Å². The summed E-state index contributed by atoms with van der Waals surface area (Å²) >= 11 is 0. The maximum absolute atomic E-state index is 11.7. The number of nitrogens with two attached hydrogens (primary N) is 1. The van der Waals surface area contributed by atoms with E-state index in [1.54, 1.807) is 25.3 Å². The number of rotatable bonds is 4. The third kappa shape index (κ3) is 2.54. The monoisotopic (exact) mass is 235 g/mol. The van der Waals surface area contributed by atoms with Crippen molar-refractivity contribution in [1.82, 2.24) is 10.3 Å². The van der Waals surface area contributed by atoms with Gasteiger partial charge in [-0.25, -0.2) is 0 Å². The average molecular weight is 235 g/mol. The molecule has 6 heteroatoms. The molecule has 90 valence electrons. The Kier molecular flexibility index (Phi) is 3.24. The van der Waals surface area contributed by atoms with Crippen LogP contribution >= 0.6 is 0 Å². The van der Waals surface area contributed by atoms with Crippen LogP contribution in [0.25, 0.3) is 11.1 Å². The molecule has 1 aromatic carbocycles. The lowest BCUT2D eigenvalue weighted by atomic mass is 10.2. The zero-order chi connectivity index (χ0) is 12.3. The maximum atomic E-state index is 11.7. The Bertz CT molecular complexity index is 536. The fraction of sp³-hybridized carbons (Fsp3) is 0.273. The number of oxazole rings is 1. The first-order chi connectivity index (χ1) is 8.20. The molecule has 0 aliphatic heterocycles. The summed E-state index contributed by atoms with van der Waals surface area (Å²) in [5.74, 6) is -0.175. The molecule has 0 saturated carbocycles. The number of hydrogen-bond donors (Lipinski definition) is 2. The lowest BCUT2D eigenvalue weighted by molar-refractivity contribution is 0.0937. The lowest BCUT2D eigenvalue weighted by Crippen LogP contribution is -2.26. The Labute approximate surface area is 97.8 Å². The van der Waals surface area contributed by atoms with Gasteiger partial charge in [0.15, 0.2) is 5.58 Å². The van der Waals surface area contributed by atoms with Crippen molar-refractivity contribution >= 4 is 23.0 Å². The van der Waals surface area contributed by atoms with E-state index in [-0.39, 0.29) is 11.9 Å². The van der Waals surface area contributed by atoms with E-state index >= 15 is 0 Å². The van der Waals surface area contributed by atoms with Crippen LogP contribution < -0.4 is 11.1 Å². The van der Waals surface area contributed by atoms with Crippen LogP contribution in [0.4, 0.5) is 6.01 Å². The summed E-state index contributed by atoms with van der Waals surface area (Å²) < 4.78 is 9.96. The van der Waals surface area contributed by atoms with Crippen molar-refractivity contribution in [3.05, 3.63) is 23.8 Å². The summed E-state index contributed by atoms with van der Waals surface area (Å²) in [6, 6.07) is 5.06. The van der Waals surface area contributed by atoms with Crippen LogP contribution in [0, 0.1) is 0 Å². The molecule has 1 amide bonds. The SMILES string of the molecule is COCCNC(=O)c1ccc2oc(N)nc2c1. The average Bonchev–Trinajstić information content (AvgIpc) is 2.68. The fourth-order valence-electron chi connectivity index (χ4n) is 1.46. The van der Waals surface area contributed by atoms with Crippen LogP contribution in [-0.2, 0) is 4.74 Å². The summed E-state index contributed by atoms with van der Waals surface area (Å²) in [6.45, 7) is 0.944. The number of nitrogen functional groups attached to an aromatic ring is 1. The fourth-order valence-corrected chi connectivity index (χ4v) is 1.46. The number of methoxy groups -OCH3 is 1. The Morgan fingerprint density at radius 1 is 1.59 bits per heavy atom. The van der Waals surface area contributed by atoms with Crippen molar-refractivity contribution in [2.75, 3.05) is 26.0 Å². The maximum Gasteiger partial charge on any atom is 0.292 e. The highest BCUT2D eigenvalue weighted by molar-refractivity contribution is 5.97. The first-order valence-corrected chi connectivity index (χ1v) is 5.14. The molecule has 0 aliphatic rings. The van der Waals surface area contributed by atoms with Crippen LogP contribution in [0.5, 0.6) is 0 Å². The van der Waals surface area contributed by atoms with E-state index in [2.05, 4.69) is 10.3 Å². The number of anilines is 1. The van der Waals surface area contributed by atoms with Crippen molar-refractivity contribution in [2.45, 2.75) is 0 Å². The van der Waals surface area contributed by atoms with E-state index in [9.17, 15) is 4.79 Å². The highest BCUT2D eigenvalue weighted by Crippen LogP contribution is 2.18. The van der Waals surface area contributed by atoms with Gasteiger partial charge in [-0.05, 0) is 18.2 Å². The van der Waals surface area contributed by atoms with E-state index in [1.807, 2.05) is 0 Å². The summed E-state index contributed by atoms with van der Waals surface area (Å²) in [7, 11) is 1.58. The minimum absolute atomic E-state index is 0.0944. The standard InChI is InChI=1S/C11H13N3O3/c1-16-5-4-13-10(15)7-2-3-9-8(6-7)14-11(12)17-9/h2-3,6H,4-5H2,1H3,(H2,12,14)(H,13,15). The van der Waals surface area contributed by atoms with Gasteiger partial charge in [-0.3, -0.25) is 4.79 Å². The number of amides is 1.